The van der Waals surface area contributed by atoms with Crippen LogP contribution in [-0.4, -0.2) is 18.8 Å². The molecule has 0 radical (unpaired) electrons. The maximum absolute atomic E-state index is 12.5. The number of thioether (sulfide) groups is 1. The lowest BCUT2D eigenvalue weighted by atomic mass is 10.2. The second-order valence-electron chi connectivity index (χ2n) is 3.11. The van der Waals surface area contributed by atoms with E-state index in [0.29, 0.717) is 4.90 Å². The van der Waals surface area contributed by atoms with Crippen LogP contribution >= 0.6 is 11.8 Å². The molecule has 94 valence electrons. The van der Waals surface area contributed by atoms with Gasteiger partial charge in [0.25, 0.3) is 0 Å². The molecule has 1 rings (SSSR count). The number of nitrogen functional groups attached to an aromatic ring is 1. The van der Waals surface area contributed by atoms with E-state index in [9.17, 15) is 18.0 Å². The Morgan fingerprint density at radius 1 is 1.47 bits per heavy atom. The van der Waals surface area contributed by atoms with Gasteiger partial charge in [-0.15, -0.1) is 11.8 Å². The number of rotatable bonds is 3. The number of anilines is 1. The van der Waals surface area contributed by atoms with Crippen LogP contribution < -0.4 is 5.73 Å². The Hall–Kier alpha value is -1.37. The van der Waals surface area contributed by atoms with E-state index in [0.717, 1.165) is 17.8 Å². The number of methoxy groups -OCH3 is 1. The first-order chi connectivity index (χ1) is 7.84. The molecular formula is C10H10F3NO2S. The van der Waals surface area contributed by atoms with Gasteiger partial charge in [-0.05, 0) is 18.2 Å². The topological polar surface area (TPSA) is 52.3 Å². The summed E-state index contributed by atoms with van der Waals surface area (Å²) in [6.45, 7) is 0. The summed E-state index contributed by atoms with van der Waals surface area (Å²) in [6, 6.07) is 3.52. The van der Waals surface area contributed by atoms with Gasteiger partial charge < -0.3 is 10.5 Å². The van der Waals surface area contributed by atoms with Crippen molar-refractivity contribution in [2.24, 2.45) is 0 Å². The predicted molar refractivity (Wildman–Crippen MR) is 58.6 cm³/mol. The number of alkyl halides is 3. The van der Waals surface area contributed by atoms with Crippen molar-refractivity contribution in [2.75, 3.05) is 18.6 Å². The average Bonchev–Trinajstić information content (AvgIpc) is 2.26. The van der Waals surface area contributed by atoms with Crippen LogP contribution in [-0.2, 0) is 15.7 Å². The first kappa shape index (κ1) is 13.7. The summed E-state index contributed by atoms with van der Waals surface area (Å²) in [6.07, 6.45) is -4.49. The van der Waals surface area contributed by atoms with Gasteiger partial charge in [0.1, 0.15) is 0 Å². The molecule has 7 heteroatoms. The molecule has 0 aromatic heterocycles. The lowest BCUT2D eigenvalue weighted by Gasteiger charge is -2.11. The predicted octanol–water partition coefficient (Wildman–Crippen LogP) is 2.55. The third kappa shape index (κ3) is 3.85. The van der Waals surface area contributed by atoms with Crippen LogP contribution in [0.25, 0.3) is 0 Å². The van der Waals surface area contributed by atoms with Crippen molar-refractivity contribution < 1.29 is 22.7 Å². The number of carbonyl (C=O) groups excluding carboxylic acids is 1. The molecule has 0 amide bonds. The molecule has 0 saturated carbocycles. The molecule has 2 N–H and O–H groups in total. The monoisotopic (exact) mass is 265 g/mol. The maximum atomic E-state index is 12.5. The number of ether oxygens (including phenoxy) is 1. The Bertz CT molecular complexity index is 421. The van der Waals surface area contributed by atoms with Crippen molar-refractivity contribution in [3.63, 3.8) is 0 Å². The van der Waals surface area contributed by atoms with Gasteiger partial charge in [0.15, 0.2) is 0 Å². The standard InChI is InChI=1S/C10H10F3NO2S/c1-16-9(15)5-17-6-2-3-8(14)7(4-6)10(11,12)13/h2-4H,5,14H2,1H3. The van der Waals surface area contributed by atoms with Gasteiger partial charge in [0, 0.05) is 10.6 Å². The minimum absolute atomic E-state index is 0.0439. The summed E-state index contributed by atoms with van der Waals surface area (Å²) in [4.78, 5) is 11.2. The molecule has 0 heterocycles. The molecule has 0 saturated heterocycles. The maximum Gasteiger partial charge on any atom is 0.418 e. The van der Waals surface area contributed by atoms with Crippen molar-refractivity contribution in [1.82, 2.24) is 0 Å². The zero-order valence-electron chi connectivity index (χ0n) is 8.88. The molecule has 0 aliphatic rings. The van der Waals surface area contributed by atoms with Gasteiger partial charge in [-0.1, -0.05) is 0 Å². The fraction of sp³-hybridized carbons (Fsp3) is 0.300. The molecule has 3 nitrogen and oxygen atoms in total. The molecule has 0 spiro atoms. The van der Waals surface area contributed by atoms with Gasteiger partial charge in [-0.3, -0.25) is 4.79 Å². The van der Waals surface area contributed by atoms with Crippen molar-refractivity contribution in [3.05, 3.63) is 23.8 Å². The molecular weight excluding hydrogens is 255 g/mol. The molecule has 0 atom stereocenters. The van der Waals surface area contributed by atoms with Crippen molar-refractivity contribution in [3.8, 4) is 0 Å². The number of benzene rings is 1. The van der Waals surface area contributed by atoms with E-state index in [4.69, 9.17) is 5.73 Å². The Kier molecular flexibility index (Phi) is 4.28. The Morgan fingerprint density at radius 2 is 2.12 bits per heavy atom. The highest BCUT2D eigenvalue weighted by molar-refractivity contribution is 8.00. The fourth-order valence-electron chi connectivity index (χ4n) is 1.07. The minimum Gasteiger partial charge on any atom is -0.468 e. The normalized spacial score (nSPS) is 11.3. The van der Waals surface area contributed by atoms with E-state index >= 15 is 0 Å². The number of hydrogen-bond acceptors (Lipinski definition) is 4. The largest absolute Gasteiger partial charge is 0.468 e. The highest BCUT2D eigenvalue weighted by Crippen LogP contribution is 2.35. The molecule has 17 heavy (non-hydrogen) atoms. The van der Waals surface area contributed by atoms with Crippen LogP contribution in [0.5, 0.6) is 0 Å². The Balaban J connectivity index is 2.86. The zero-order valence-corrected chi connectivity index (χ0v) is 9.69. The van der Waals surface area contributed by atoms with Gasteiger partial charge in [-0.2, -0.15) is 13.2 Å². The number of nitrogens with two attached hydrogens (primary N) is 1. The summed E-state index contributed by atoms with van der Waals surface area (Å²) in [5.41, 5.74) is 4.01. The van der Waals surface area contributed by atoms with Crippen LogP contribution in [0.2, 0.25) is 0 Å². The van der Waals surface area contributed by atoms with Crippen LogP contribution in [0.4, 0.5) is 18.9 Å². The van der Waals surface area contributed by atoms with Crippen LogP contribution in [0, 0.1) is 0 Å². The molecule has 0 aliphatic carbocycles. The van der Waals surface area contributed by atoms with Crippen LogP contribution in [0.3, 0.4) is 0 Å². The summed E-state index contributed by atoms with van der Waals surface area (Å²) in [5.74, 6) is -0.544. The van der Waals surface area contributed by atoms with Crippen molar-refractivity contribution >= 4 is 23.4 Å². The first-order valence-corrected chi connectivity index (χ1v) is 5.49. The first-order valence-electron chi connectivity index (χ1n) is 4.51. The smallest absolute Gasteiger partial charge is 0.418 e. The van der Waals surface area contributed by atoms with E-state index in [2.05, 4.69) is 4.74 Å². The SMILES string of the molecule is COC(=O)CSc1ccc(N)c(C(F)(F)F)c1. The summed E-state index contributed by atoms with van der Waals surface area (Å²) in [7, 11) is 1.22. The third-order valence-electron chi connectivity index (χ3n) is 1.91. The molecule has 0 unspecified atom stereocenters. The fourth-order valence-corrected chi connectivity index (χ4v) is 1.84. The Morgan fingerprint density at radius 3 is 2.65 bits per heavy atom. The second-order valence-corrected chi connectivity index (χ2v) is 4.16. The van der Waals surface area contributed by atoms with Gasteiger partial charge in [0.2, 0.25) is 0 Å². The highest BCUT2D eigenvalue weighted by atomic mass is 32.2. The second kappa shape index (κ2) is 5.31. The summed E-state index contributed by atoms with van der Waals surface area (Å²) < 4.78 is 41.9. The van der Waals surface area contributed by atoms with Gasteiger partial charge >= 0.3 is 12.1 Å². The minimum atomic E-state index is -4.49. The van der Waals surface area contributed by atoms with Crippen molar-refractivity contribution in [1.29, 1.82) is 0 Å². The molecule has 1 aromatic carbocycles. The average molecular weight is 265 g/mol. The lowest BCUT2D eigenvalue weighted by molar-refractivity contribution is -0.138. The summed E-state index contributed by atoms with van der Waals surface area (Å²) in [5, 5.41) is 0. The molecule has 0 aliphatic heterocycles. The van der Waals surface area contributed by atoms with E-state index in [-0.39, 0.29) is 11.4 Å². The summed E-state index contributed by atoms with van der Waals surface area (Å²) >= 11 is 0.962. The quantitative estimate of drug-likeness (QED) is 0.518. The van der Waals surface area contributed by atoms with Crippen LogP contribution in [0.15, 0.2) is 23.1 Å². The van der Waals surface area contributed by atoms with Crippen molar-refractivity contribution in [2.45, 2.75) is 11.1 Å². The lowest BCUT2D eigenvalue weighted by Crippen LogP contribution is -2.09. The third-order valence-corrected chi connectivity index (χ3v) is 2.88. The van der Waals surface area contributed by atoms with Gasteiger partial charge in [0.05, 0.1) is 18.4 Å². The number of esters is 1. The zero-order chi connectivity index (χ0) is 13.1. The molecule has 0 fully saturated rings. The van der Waals surface area contributed by atoms with Crippen LogP contribution in [0.1, 0.15) is 5.56 Å². The number of carbonyl (C=O) groups is 1. The molecule has 1 aromatic rings. The van der Waals surface area contributed by atoms with E-state index < -0.39 is 17.7 Å². The number of halogens is 3. The highest BCUT2D eigenvalue weighted by Gasteiger charge is 2.33. The molecule has 0 bridgehead atoms. The Labute approximate surface area is 100 Å². The van der Waals surface area contributed by atoms with E-state index in [1.807, 2.05) is 0 Å². The van der Waals surface area contributed by atoms with Gasteiger partial charge in [-0.25, -0.2) is 0 Å². The van der Waals surface area contributed by atoms with E-state index in [1.54, 1.807) is 0 Å². The number of hydrogen-bond donors (Lipinski definition) is 1. The van der Waals surface area contributed by atoms with E-state index in [1.165, 1.54) is 19.2 Å².